The van der Waals surface area contributed by atoms with E-state index in [4.69, 9.17) is 4.42 Å². The molecule has 1 aromatic heterocycles. The van der Waals surface area contributed by atoms with Crippen LogP contribution < -0.4 is 10.6 Å². The Labute approximate surface area is 252 Å². The number of benzene rings is 2. The Balaban J connectivity index is 1.53. The first-order valence-electron chi connectivity index (χ1n) is 14.9. The van der Waals surface area contributed by atoms with Crippen LogP contribution in [0.15, 0.2) is 65.1 Å². The van der Waals surface area contributed by atoms with Gasteiger partial charge in [-0.25, -0.2) is 9.78 Å². The summed E-state index contributed by atoms with van der Waals surface area (Å²) < 4.78 is 5.69. The molecule has 0 spiro atoms. The van der Waals surface area contributed by atoms with Crippen LogP contribution in [0.4, 0.5) is 0 Å². The molecule has 2 aromatic carbocycles. The predicted molar refractivity (Wildman–Crippen MR) is 163 cm³/mol. The Morgan fingerprint density at radius 2 is 1.63 bits per heavy atom. The van der Waals surface area contributed by atoms with Crippen LogP contribution in [0.3, 0.4) is 0 Å². The standard InChI is InChI=1S/C33H42N4O6/c1-3-4-5-12-22-37(23-21-34-31(40)30-24(2)43-32(36-30)26-15-10-7-11-16-26)29(39)20-18-27(33(41)42)35-28(38)19-17-25-13-8-6-9-14-25/h6-11,13-16,27H,3-5,12,17-23H2,1-2H3,(H,34,40)(H,35,38)(H,41,42). The normalized spacial score (nSPS) is 11.5. The number of aromatic nitrogens is 1. The molecule has 1 atom stereocenters. The molecule has 43 heavy (non-hydrogen) atoms. The fourth-order valence-electron chi connectivity index (χ4n) is 4.64. The van der Waals surface area contributed by atoms with Crippen molar-refractivity contribution in [2.45, 2.75) is 71.3 Å². The first-order chi connectivity index (χ1) is 20.8. The molecule has 1 unspecified atom stereocenters. The van der Waals surface area contributed by atoms with Crippen LogP contribution in [0.25, 0.3) is 11.5 Å². The molecular weight excluding hydrogens is 548 g/mol. The molecule has 0 saturated heterocycles. The lowest BCUT2D eigenvalue weighted by Crippen LogP contribution is -2.43. The number of amides is 3. The number of rotatable bonds is 18. The first-order valence-corrected chi connectivity index (χ1v) is 14.9. The van der Waals surface area contributed by atoms with E-state index < -0.39 is 17.9 Å². The second-order valence-corrected chi connectivity index (χ2v) is 10.5. The molecule has 3 N–H and O–H groups in total. The number of nitrogens with one attached hydrogen (secondary N) is 2. The van der Waals surface area contributed by atoms with Gasteiger partial charge in [0.25, 0.3) is 5.91 Å². The Morgan fingerprint density at radius 3 is 2.30 bits per heavy atom. The minimum absolute atomic E-state index is 0.0243. The molecule has 0 fully saturated rings. The van der Waals surface area contributed by atoms with Gasteiger partial charge in [0.2, 0.25) is 17.7 Å². The first kappa shape index (κ1) is 33.0. The molecule has 0 saturated carbocycles. The molecule has 3 rings (SSSR count). The molecule has 3 amide bonds. The second kappa shape index (κ2) is 17.5. The number of unbranched alkanes of at least 4 members (excludes halogenated alkanes) is 3. The number of oxazole rings is 1. The summed E-state index contributed by atoms with van der Waals surface area (Å²) in [6.07, 6.45) is 4.45. The monoisotopic (exact) mass is 590 g/mol. The van der Waals surface area contributed by atoms with Gasteiger partial charge in [-0.2, -0.15) is 0 Å². The van der Waals surface area contributed by atoms with Gasteiger partial charge >= 0.3 is 5.97 Å². The third-order valence-electron chi connectivity index (χ3n) is 7.10. The number of nitrogens with zero attached hydrogens (tertiary/aromatic N) is 2. The van der Waals surface area contributed by atoms with Gasteiger partial charge in [0.15, 0.2) is 5.69 Å². The van der Waals surface area contributed by atoms with Gasteiger partial charge in [-0.15, -0.1) is 0 Å². The number of aliphatic carboxylic acids is 1. The van der Waals surface area contributed by atoms with E-state index in [2.05, 4.69) is 22.5 Å². The van der Waals surface area contributed by atoms with Gasteiger partial charge in [0, 0.05) is 38.0 Å². The van der Waals surface area contributed by atoms with E-state index in [0.717, 1.165) is 36.8 Å². The fraction of sp³-hybridized carbons (Fsp3) is 0.424. The quantitative estimate of drug-likeness (QED) is 0.181. The summed E-state index contributed by atoms with van der Waals surface area (Å²) in [6.45, 7) is 4.74. The SMILES string of the molecule is CCCCCCN(CCNC(=O)c1nc(-c2ccccc2)oc1C)C(=O)CCC(NC(=O)CCc1ccccc1)C(=O)O. The summed E-state index contributed by atoms with van der Waals surface area (Å²) in [4.78, 5) is 56.3. The molecule has 0 radical (unpaired) electrons. The lowest BCUT2D eigenvalue weighted by atomic mass is 10.1. The van der Waals surface area contributed by atoms with Crippen LogP contribution in [0.2, 0.25) is 0 Å². The highest BCUT2D eigenvalue weighted by molar-refractivity contribution is 5.93. The summed E-state index contributed by atoms with van der Waals surface area (Å²) in [6, 6.07) is 17.6. The van der Waals surface area contributed by atoms with Gasteiger partial charge < -0.3 is 25.1 Å². The number of carboxylic acid groups (broad SMARTS) is 1. The van der Waals surface area contributed by atoms with Gasteiger partial charge in [0.1, 0.15) is 11.8 Å². The number of hydrogen-bond donors (Lipinski definition) is 3. The molecule has 0 aliphatic carbocycles. The molecule has 230 valence electrons. The number of hydrogen-bond acceptors (Lipinski definition) is 6. The van der Waals surface area contributed by atoms with E-state index in [1.807, 2.05) is 60.7 Å². The highest BCUT2D eigenvalue weighted by atomic mass is 16.4. The van der Waals surface area contributed by atoms with E-state index >= 15 is 0 Å². The van der Waals surface area contributed by atoms with Crippen LogP contribution in [-0.2, 0) is 20.8 Å². The summed E-state index contributed by atoms with van der Waals surface area (Å²) in [5, 5.41) is 15.0. The van der Waals surface area contributed by atoms with E-state index in [-0.39, 0.29) is 49.9 Å². The number of carbonyl (C=O) groups excluding carboxylic acids is 3. The predicted octanol–water partition coefficient (Wildman–Crippen LogP) is 4.77. The van der Waals surface area contributed by atoms with E-state index in [9.17, 15) is 24.3 Å². The average Bonchev–Trinajstić information content (AvgIpc) is 3.41. The summed E-state index contributed by atoms with van der Waals surface area (Å²) in [5.41, 5.74) is 1.94. The molecule has 3 aromatic rings. The minimum Gasteiger partial charge on any atom is -0.480 e. The molecule has 0 aliphatic rings. The van der Waals surface area contributed by atoms with Crippen molar-refractivity contribution in [2.24, 2.45) is 0 Å². The summed E-state index contributed by atoms with van der Waals surface area (Å²) >= 11 is 0. The largest absolute Gasteiger partial charge is 0.480 e. The van der Waals surface area contributed by atoms with Crippen molar-refractivity contribution in [1.29, 1.82) is 0 Å². The summed E-state index contributed by atoms with van der Waals surface area (Å²) in [7, 11) is 0. The molecule has 1 heterocycles. The molecule has 0 aliphatic heterocycles. The van der Waals surface area contributed by atoms with Crippen molar-refractivity contribution < 1.29 is 28.7 Å². The van der Waals surface area contributed by atoms with Crippen LogP contribution >= 0.6 is 0 Å². The van der Waals surface area contributed by atoms with Gasteiger partial charge in [-0.3, -0.25) is 14.4 Å². The number of carboxylic acids is 1. The smallest absolute Gasteiger partial charge is 0.326 e. The van der Waals surface area contributed by atoms with Gasteiger partial charge in [0.05, 0.1) is 0 Å². The van der Waals surface area contributed by atoms with E-state index in [1.165, 1.54) is 0 Å². The van der Waals surface area contributed by atoms with Crippen molar-refractivity contribution in [1.82, 2.24) is 20.5 Å². The Kier molecular flexibility index (Phi) is 13.4. The highest BCUT2D eigenvalue weighted by Gasteiger charge is 2.23. The molecular formula is C33H42N4O6. The zero-order valence-corrected chi connectivity index (χ0v) is 25.0. The third-order valence-corrected chi connectivity index (χ3v) is 7.10. The maximum absolute atomic E-state index is 13.2. The fourth-order valence-corrected chi connectivity index (χ4v) is 4.64. The van der Waals surface area contributed by atoms with Gasteiger partial charge in [-0.1, -0.05) is 74.7 Å². The number of aryl methyl sites for hydroxylation is 2. The van der Waals surface area contributed by atoms with Crippen molar-refractivity contribution in [3.63, 3.8) is 0 Å². The maximum Gasteiger partial charge on any atom is 0.326 e. The van der Waals surface area contributed by atoms with E-state index in [1.54, 1.807) is 11.8 Å². The van der Waals surface area contributed by atoms with Crippen LogP contribution in [0.1, 0.15) is 73.7 Å². The lowest BCUT2D eigenvalue weighted by molar-refractivity contribution is -0.142. The van der Waals surface area contributed by atoms with Crippen molar-refractivity contribution in [3.05, 3.63) is 77.7 Å². The molecule has 10 heteroatoms. The maximum atomic E-state index is 13.2. The van der Waals surface area contributed by atoms with Crippen LogP contribution in [0, 0.1) is 6.92 Å². The van der Waals surface area contributed by atoms with Gasteiger partial charge in [-0.05, 0) is 43.9 Å². The summed E-state index contributed by atoms with van der Waals surface area (Å²) in [5.74, 6) is -1.42. The topological polar surface area (TPSA) is 142 Å². The second-order valence-electron chi connectivity index (χ2n) is 10.5. The zero-order chi connectivity index (χ0) is 31.0. The van der Waals surface area contributed by atoms with E-state index in [0.29, 0.717) is 24.6 Å². The molecule has 10 nitrogen and oxygen atoms in total. The Bertz CT molecular complexity index is 1330. The van der Waals surface area contributed by atoms with Crippen molar-refractivity contribution in [2.75, 3.05) is 19.6 Å². The highest BCUT2D eigenvalue weighted by Crippen LogP contribution is 2.21. The van der Waals surface area contributed by atoms with Crippen LogP contribution in [0.5, 0.6) is 0 Å². The lowest BCUT2D eigenvalue weighted by Gasteiger charge is -2.24. The van der Waals surface area contributed by atoms with Crippen molar-refractivity contribution >= 4 is 23.7 Å². The van der Waals surface area contributed by atoms with Crippen molar-refractivity contribution in [3.8, 4) is 11.5 Å². The average molecular weight is 591 g/mol. The van der Waals surface area contributed by atoms with Crippen LogP contribution in [-0.4, -0.2) is 64.4 Å². The zero-order valence-electron chi connectivity index (χ0n) is 25.0. The third kappa shape index (κ3) is 11.0. The molecule has 0 bridgehead atoms. The Morgan fingerprint density at radius 1 is 0.930 bits per heavy atom. The minimum atomic E-state index is -1.18. The Hall–Kier alpha value is -4.47. The number of carbonyl (C=O) groups is 4.